The van der Waals surface area contributed by atoms with Crippen molar-refractivity contribution in [2.45, 2.75) is 31.1 Å². The largest absolute Gasteiger partial charge is 0.497 e. The van der Waals surface area contributed by atoms with Crippen LogP contribution in [0, 0.1) is 6.92 Å². The molecule has 11 heteroatoms. The second-order valence-electron chi connectivity index (χ2n) is 9.81. The lowest BCUT2D eigenvalue weighted by atomic mass is 9.97. The smallest absolute Gasteiger partial charge is 0.253 e. The molecule has 216 valence electrons. The van der Waals surface area contributed by atoms with Gasteiger partial charge >= 0.3 is 0 Å². The standard InChI is InChI=1S/C31H32N6O4S/c1-20-8-10-22(11-9-20)27-17-26(21-12-14-24(40-3)15-13-21)35-37(27)29(38)19-42-31-34-33-28(36(31)2)18-32-30(39)23-6-5-7-25(16-23)41-4/h5-16,27H,17-19H2,1-4H3,(H,32,39)/t27-/m1/s1. The van der Waals surface area contributed by atoms with Gasteiger partial charge in [-0.2, -0.15) is 5.10 Å². The number of rotatable bonds is 10. The van der Waals surface area contributed by atoms with E-state index in [2.05, 4.69) is 27.6 Å². The van der Waals surface area contributed by atoms with Crippen LogP contribution < -0.4 is 14.8 Å². The van der Waals surface area contributed by atoms with Gasteiger partial charge in [-0.15, -0.1) is 10.2 Å². The maximum Gasteiger partial charge on any atom is 0.253 e. The molecule has 1 aliphatic heterocycles. The summed E-state index contributed by atoms with van der Waals surface area (Å²) in [6.07, 6.45) is 0.604. The number of nitrogens with one attached hydrogen (secondary N) is 1. The number of thioether (sulfide) groups is 1. The highest BCUT2D eigenvalue weighted by Gasteiger charge is 2.33. The molecule has 0 spiro atoms. The number of nitrogens with zero attached hydrogens (tertiary/aromatic N) is 5. The van der Waals surface area contributed by atoms with E-state index in [9.17, 15) is 9.59 Å². The van der Waals surface area contributed by atoms with E-state index < -0.39 is 0 Å². The minimum atomic E-state index is -0.247. The van der Waals surface area contributed by atoms with Crippen LogP contribution in [-0.2, 0) is 18.4 Å². The van der Waals surface area contributed by atoms with Crippen LogP contribution in [0.2, 0.25) is 0 Å². The summed E-state index contributed by atoms with van der Waals surface area (Å²) in [6, 6.07) is 22.6. The van der Waals surface area contributed by atoms with Gasteiger partial charge in [-0.05, 0) is 60.5 Å². The first-order chi connectivity index (χ1) is 20.4. The Balaban J connectivity index is 1.26. The number of hydrogen-bond acceptors (Lipinski definition) is 8. The summed E-state index contributed by atoms with van der Waals surface area (Å²) >= 11 is 1.28. The van der Waals surface area contributed by atoms with Crippen LogP contribution >= 0.6 is 11.8 Å². The van der Waals surface area contributed by atoms with Crippen molar-refractivity contribution in [3.05, 3.63) is 101 Å². The molecule has 0 unspecified atom stereocenters. The van der Waals surface area contributed by atoms with E-state index in [1.165, 1.54) is 11.8 Å². The fraction of sp³-hybridized carbons (Fsp3) is 0.258. The zero-order valence-electron chi connectivity index (χ0n) is 23.9. The first-order valence-electron chi connectivity index (χ1n) is 13.4. The Kier molecular flexibility index (Phi) is 8.87. The molecule has 3 aromatic carbocycles. The molecule has 1 aliphatic rings. The van der Waals surface area contributed by atoms with E-state index in [-0.39, 0.29) is 30.2 Å². The van der Waals surface area contributed by atoms with Crippen molar-refractivity contribution in [3.8, 4) is 11.5 Å². The van der Waals surface area contributed by atoms with Gasteiger partial charge in [0.25, 0.3) is 11.8 Å². The van der Waals surface area contributed by atoms with Crippen LogP contribution in [0.25, 0.3) is 0 Å². The molecule has 1 N–H and O–H groups in total. The van der Waals surface area contributed by atoms with Crippen molar-refractivity contribution in [1.82, 2.24) is 25.1 Å². The lowest BCUT2D eigenvalue weighted by Crippen LogP contribution is -2.28. The Morgan fingerprint density at radius 3 is 2.43 bits per heavy atom. The number of methoxy groups -OCH3 is 2. The van der Waals surface area contributed by atoms with Crippen molar-refractivity contribution in [1.29, 1.82) is 0 Å². The highest BCUT2D eigenvalue weighted by Crippen LogP contribution is 2.34. The second-order valence-corrected chi connectivity index (χ2v) is 10.7. The van der Waals surface area contributed by atoms with E-state index in [1.54, 1.807) is 48.1 Å². The van der Waals surface area contributed by atoms with Crippen LogP contribution in [0.4, 0.5) is 0 Å². The quantitative estimate of drug-likeness (QED) is 0.273. The minimum absolute atomic E-state index is 0.129. The molecule has 5 rings (SSSR count). The van der Waals surface area contributed by atoms with E-state index in [4.69, 9.17) is 14.6 Å². The molecule has 2 amide bonds. The summed E-state index contributed by atoms with van der Waals surface area (Å²) in [7, 11) is 5.00. The second kappa shape index (κ2) is 12.9. The molecule has 42 heavy (non-hydrogen) atoms. The van der Waals surface area contributed by atoms with Crippen LogP contribution in [0.15, 0.2) is 83.1 Å². The maximum absolute atomic E-state index is 13.5. The average molecular weight is 585 g/mol. The monoisotopic (exact) mass is 584 g/mol. The first-order valence-corrected chi connectivity index (χ1v) is 14.4. The van der Waals surface area contributed by atoms with Gasteiger partial charge in [0.15, 0.2) is 11.0 Å². The van der Waals surface area contributed by atoms with Crippen LogP contribution in [0.1, 0.15) is 45.3 Å². The number of aryl methyl sites for hydroxylation is 1. The number of hydrazone groups is 1. The predicted molar refractivity (Wildman–Crippen MR) is 161 cm³/mol. The van der Waals surface area contributed by atoms with E-state index >= 15 is 0 Å². The fourth-order valence-corrected chi connectivity index (χ4v) is 5.37. The molecule has 0 bridgehead atoms. The number of carbonyl (C=O) groups is 2. The molecular formula is C31H32N6O4S. The summed E-state index contributed by atoms with van der Waals surface area (Å²) in [4.78, 5) is 26.1. The molecule has 0 radical (unpaired) electrons. The van der Waals surface area contributed by atoms with Gasteiger partial charge in [0, 0.05) is 19.0 Å². The summed E-state index contributed by atoms with van der Waals surface area (Å²) in [6.45, 7) is 2.22. The highest BCUT2D eigenvalue weighted by atomic mass is 32.2. The van der Waals surface area contributed by atoms with E-state index in [0.717, 1.165) is 28.2 Å². The van der Waals surface area contributed by atoms with Gasteiger partial charge in [-0.25, -0.2) is 5.01 Å². The van der Waals surface area contributed by atoms with Gasteiger partial charge in [-0.1, -0.05) is 47.7 Å². The zero-order valence-corrected chi connectivity index (χ0v) is 24.7. The van der Waals surface area contributed by atoms with Gasteiger partial charge in [0.05, 0.1) is 38.3 Å². The number of benzene rings is 3. The molecule has 1 atom stereocenters. The van der Waals surface area contributed by atoms with E-state index in [0.29, 0.717) is 28.7 Å². The number of hydrogen-bond donors (Lipinski definition) is 1. The Morgan fingerprint density at radius 2 is 1.71 bits per heavy atom. The Hall–Kier alpha value is -4.64. The Bertz CT molecular complexity index is 1600. The van der Waals surface area contributed by atoms with Crippen molar-refractivity contribution < 1.29 is 19.1 Å². The molecule has 1 aromatic heterocycles. The molecule has 10 nitrogen and oxygen atoms in total. The topological polar surface area (TPSA) is 111 Å². The third-order valence-corrected chi connectivity index (χ3v) is 8.05. The van der Waals surface area contributed by atoms with Crippen molar-refractivity contribution in [2.24, 2.45) is 12.1 Å². The van der Waals surface area contributed by atoms with Gasteiger partial charge in [0.1, 0.15) is 11.5 Å². The highest BCUT2D eigenvalue weighted by molar-refractivity contribution is 7.99. The fourth-order valence-electron chi connectivity index (χ4n) is 4.59. The molecule has 0 saturated heterocycles. The van der Waals surface area contributed by atoms with Crippen molar-refractivity contribution >= 4 is 29.3 Å². The SMILES string of the molecule is COc1ccc(C2=NN(C(=O)CSc3nnc(CNC(=O)c4cccc(OC)c4)n3C)[C@@H](c3ccc(C)cc3)C2)cc1. The molecule has 2 heterocycles. The third kappa shape index (κ3) is 6.46. The van der Waals surface area contributed by atoms with Crippen LogP contribution in [0.3, 0.4) is 0 Å². The summed E-state index contributed by atoms with van der Waals surface area (Å²) in [5, 5.41) is 18.2. The first kappa shape index (κ1) is 28.9. The Morgan fingerprint density at radius 1 is 0.976 bits per heavy atom. The number of carbonyl (C=O) groups excluding carboxylic acids is 2. The molecule has 0 aliphatic carbocycles. The molecule has 0 fully saturated rings. The van der Waals surface area contributed by atoms with Gasteiger partial charge < -0.3 is 19.4 Å². The molecular weight excluding hydrogens is 552 g/mol. The Labute approximate surface area is 248 Å². The van der Waals surface area contributed by atoms with Crippen molar-refractivity contribution in [2.75, 3.05) is 20.0 Å². The summed E-state index contributed by atoms with van der Waals surface area (Å²) in [5.74, 6) is 1.68. The average Bonchev–Trinajstić information content (AvgIpc) is 3.63. The predicted octanol–water partition coefficient (Wildman–Crippen LogP) is 4.54. The zero-order chi connectivity index (χ0) is 29.6. The number of amides is 2. The van der Waals surface area contributed by atoms with Crippen molar-refractivity contribution in [3.63, 3.8) is 0 Å². The van der Waals surface area contributed by atoms with Gasteiger partial charge in [0.2, 0.25) is 0 Å². The third-order valence-electron chi connectivity index (χ3n) is 7.04. The lowest BCUT2D eigenvalue weighted by Gasteiger charge is -2.22. The van der Waals surface area contributed by atoms with Gasteiger partial charge in [-0.3, -0.25) is 9.59 Å². The summed E-state index contributed by atoms with van der Waals surface area (Å²) < 4.78 is 12.3. The number of ether oxygens (including phenoxy) is 2. The molecule has 0 saturated carbocycles. The van der Waals surface area contributed by atoms with E-state index in [1.807, 2.05) is 50.4 Å². The maximum atomic E-state index is 13.5. The lowest BCUT2D eigenvalue weighted by molar-refractivity contribution is -0.130. The summed E-state index contributed by atoms with van der Waals surface area (Å²) in [5.41, 5.74) is 4.46. The normalized spacial score (nSPS) is 14.4. The molecule has 4 aromatic rings. The number of aromatic nitrogens is 3. The van der Waals surface area contributed by atoms with Crippen LogP contribution in [-0.4, -0.2) is 57.3 Å². The minimum Gasteiger partial charge on any atom is -0.497 e. The van der Waals surface area contributed by atoms with Crippen LogP contribution in [0.5, 0.6) is 11.5 Å².